The standard InChI is InChI=1S/C15H20N2O2/c1-10-2-3-11-4-5-13(12(11)8-10)17-7-6-15(16,9-17)14(18)19/h2-3,8,13H,4-7,9,16H2,1H3,(H,18,19). The lowest BCUT2D eigenvalue weighted by Gasteiger charge is -2.26. The van der Waals surface area contributed by atoms with E-state index in [2.05, 4.69) is 30.0 Å². The van der Waals surface area contributed by atoms with Crippen LogP contribution in [0, 0.1) is 6.92 Å². The summed E-state index contributed by atoms with van der Waals surface area (Å²) < 4.78 is 0. The summed E-state index contributed by atoms with van der Waals surface area (Å²) in [6.07, 6.45) is 2.70. The van der Waals surface area contributed by atoms with E-state index in [9.17, 15) is 9.90 Å². The number of aliphatic carboxylic acids is 1. The van der Waals surface area contributed by atoms with Crippen LogP contribution in [0.4, 0.5) is 0 Å². The molecule has 0 bridgehead atoms. The molecule has 1 heterocycles. The fourth-order valence-corrected chi connectivity index (χ4v) is 3.38. The third-order valence-electron chi connectivity index (χ3n) is 4.54. The molecule has 3 rings (SSSR count). The summed E-state index contributed by atoms with van der Waals surface area (Å²) in [6.45, 7) is 3.34. The van der Waals surface area contributed by atoms with Gasteiger partial charge in [0.15, 0.2) is 0 Å². The van der Waals surface area contributed by atoms with Crippen LogP contribution in [0.15, 0.2) is 18.2 Å². The van der Waals surface area contributed by atoms with Gasteiger partial charge < -0.3 is 10.8 Å². The van der Waals surface area contributed by atoms with E-state index in [1.165, 1.54) is 16.7 Å². The molecule has 0 amide bonds. The number of hydrogen-bond acceptors (Lipinski definition) is 3. The lowest BCUT2D eigenvalue weighted by Crippen LogP contribution is -2.50. The molecule has 0 radical (unpaired) electrons. The molecule has 102 valence electrons. The van der Waals surface area contributed by atoms with Gasteiger partial charge in [-0.15, -0.1) is 0 Å². The van der Waals surface area contributed by atoms with Crippen molar-refractivity contribution < 1.29 is 9.90 Å². The highest BCUT2D eigenvalue weighted by molar-refractivity contribution is 5.79. The van der Waals surface area contributed by atoms with Gasteiger partial charge in [-0.25, -0.2) is 0 Å². The molecule has 1 saturated heterocycles. The Kier molecular flexibility index (Phi) is 2.87. The maximum Gasteiger partial charge on any atom is 0.325 e. The normalized spacial score (nSPS) is 30.5. The molecule has 19 heavy (non-hydrogen) atoms. The highest BCUT2D eigenvalue weighted by atomic mass is 16.4. The Bertz CT molecular complexity index is 529. The van der Waals surface area contributed by atoms with Crippen molar-refractivity contribution in [3.63, 3.8) is 0 Å². The number of hydrogen-bond donors (Lipinski definition) is 2. The number of aryl methyl sites for hydroxylation is 2. The lowest BCUT2D eigenvalue weighted by atomic mass is 10.0. The van der Waals surface area contributed by atoms with Crippen LogP contribution in [0.3, 0.4) is 0 Å². The molecule has 0 saturated carbocycles. The average molecular weight is 260 g/mol. The van der Waals surface area contributed by atoms with E-state index in [0.717, 1.165) is 19.4 Å². The van der Waals surface area contributed by atoms with Gasteiger partial charge >= 0.3 is 5.97 Å². The Hall–Kier alpha value is -1.39. The van der Waals surface area contributed by atoms with Crippen molar-refractivity contribution >= 4 is 5.97 Å². The number of benzene rings is 1. The summed E-state index contributed by atoms with van der Waals surface area (Å²) in [5.74, 6) is -0.877. The topological polar surface area (TPSA) is 66.6 Å². The van der Waals surface area contributed by atoms with Crippen LogP contribution in [-0.2, 0) is 11.2 Å². The highest BCUT2D eigenvalue weighted by Gasteiger charge is 2.44. The highest BCUT2D eigenvalue weighted by Crippen LogP contribution is 2.39. The summed E-state index contributed by atoms with van der Waals surface area (Å²) in [7, 11) is 0. The first-order valence-corrected chi connectivity index (χ1v) is 6.85. The smallest absolute Gasteiger partial charge is 0.325 e. The van der Waals surface area contributed by atoms with Gasteiger partial charge in [-0.05, 0) is 37.3 Å². The van der Waals surface area contributed by atoms with E-state index < -0.39 is 11.5 Å². The minimum Gasteiger partial charge on any atom is -0.480 e. The van der Waals surface area contributed by atoms with Gasteiger partial charge in [0.25, 0.3) is 0 Å². The van der Waals surface area contributed by atoms with Crippen molar-refractivity contribution in [3.8, 4) is 0 Å². The summed E-state index contributed by atoms with van der Waals surface area (Å²) in [4.78, 5) is 13.5. The molecule has 4 heteroatoms. The van der Waals surface area contributed by atoms with Gasteiger partial charge in [-0.2, -0.15) is 0 Å². The van der Waals surface area contributed by atoms with Crippen LogP contribution in [0.5, 0.6) is 0 Å². The maximum atomic E-state index is 11.2. The van der Waals surface area contributed by atoms with Crippen molar-refractivity contribution in [2.24, 2.45) is 5.73 Å². The summed E-state index contributed by atoms with van der Waals surface area (Å²) >= 11 is 0. The molecule has 2 atom stereocenters. The number of likely N-dealkylation sites (tertiary alicyclic amines) is 1. The number of rotatable bonds is 2. The van der Waals surface area contributed by atoms with Crippen LogP contribution < -0.4 is 5.73 Å². The van der Waals surface area contributed by atoms with E-state index in [4.69, 9.17) is 5.73 Å². The third-order valence-corrected chi connectivity index (χ3v) is 4.54. The van der Waals surface area contributed by atoms with E-state index in [1.54, 1.807) is 0 Å². The van der Waals surface area contributed by atoms with Gasteiger partial charge in [0.05, 0.1) is 0 Å². The maximum absolute atomic E-state index is 11.2. The Labute approximate surface area is 113 Å². The number of nitrogens with two attached hydrogens (primary N) is 1. The SMILES string of the molecule is Cc1ccc2c(c1)C(N1CCC(N)(C(=O)O)C1)CC2. The number of nitrogens with zero attached hydrogens (tertiary/aromatic N) is 1. The van der Waals surface area contributed by atoms with Gasteiger partial charge in [-0.3, -0.25) is 9.69 Å². The molecule has 1 aliphatic carbocycles. The van der Waals surface area contributed by atoms with Crippen LogP contribution in [0.1, 0.15) is 35.6 Å². The molecule has 1 aromatic carbocycles. The molecule has 0 aromatic heterocycles. The fraction of sp³-hybridized carbons (Fsp3) is 0.533. The summed E-state index contributed by atoms with van der Waals surface area (Å²) in [5.41, 5.74) is 8.94. The van der Waals surface area contributed by atoms with Gasteiger partial charge in [-0.1, -0.05) is 23.8 Å². The van der Waals surface area contributed by atoms with Crippen molar-refractivity contribution in [1.29, 1.82) is 0 Å². The van der Waals surface area contributed by atoms with Crippen LogP contribution in [0.25, 0.3) is 0 Å². The monoisotopic (exact) mass is 260 g/mol. The second-order valence-corrected chi connectivity index (χ2v) is 5.94. The van der Waals surface area contributed by atoms with E-state index in [-0.39, 0.29) is 0 Å². The first-order valence-electron chi connectivity index (χ1n) is 6.85. The predicted molar refractivity (Wildman–Crippen MR) is 73.0 cm³/mol. The largest absolute Gasteiger partial charge is 0.480 e. The minimum absolute atomic E-state index is 0.347. The molecule has 0 spiro atoms. The first kappa shape index (κ1) is 12.6. The van der Waals surface area contributed by atoms with E-state index in [0.29, 0.717) is 19.0 Å². The zero-order valence-corrected chi connectivity index (χ0v) is 11.2. The molecule has 1 aromatic rings. The van der Waals surface area contributed by atoms with Crippen LogP contribution in [-0.4, -0.2) is 34.6 Å². The van der Waals surface area contributed by atoms with Crippen LogP contribution >= 0.6 is 0 Å². The van der Waals surface area contributed by atoms with E-state index >= 15 is 0 Å². The number of fused-ring (bicyclic) bond motifs is 1. The number of carboxylic acids is 1. The quantitative estimate of drug-likeness (QED) is 0.845. The lowest BCUT2D eigenvalue weighted by molar-refractivity contribution is -0.142. The van der Waals surface area contributed by atoms with Crippen molar-refractivity contribution in [1.82, 2.24) is 4.90 Å². The molecule has 1 fully saturated rings. The first-order chi connectivity index (χ1) is 8.99. The van der Waals surface area contributed by atoms with Crippen LogP contribution in [0.2, 0.25) is 0 Å². The molecule has 4 nitrogen and oxygen atoms in total. The predicted octanol–water partition coefficient (Wildman–Crippen LogP) is 1.47. The third kappa shape index (κ3) is 2.05. The number of carboxylic acid groups (broad SMARTS) is 1. The molecular formula is C15H20N2O2. The Morgan fingerprint density at radius 1 is 1.53 bits per heavy atom. The summed E-state index contributed by atoms with van der Waals surface area (Å²) in [5, 5.41) is 9.22. The second kappa shape index (κ2) is 4.32. The molecular weight excluding hydrogens is 240 g/mol. The Morgan fingerprint density at radius 3 is 3.00 bits per heavy atom. The molecule has 1 aliphatic heterocycles. The number of carbonyl (C=O) groups is 1. The zero-order chi connectivity index (χ0) is 13.6. The summed E-state index contributed by atoms with van der Waals surface area (Å²) in [6, 6.07) is 6.94. The van der Waals surface area contributed by atoms with Crippen molar-refractivity contribution in [2.45, 2.75) is 37.8 Å². The Morgan fingerprint density at radius 2 is 2.32 bits per heavy atom. The average Bonchev–Trinajstić information content (AvgIpc) is 2.93. The fourth-order valence-electron chi connectivity index (χ4n) is 3.38. The molecule has 2 unspecified atom stereocenters. The minimum atomic E-state index is -1.06. The van der Waals surface area contributed by atoms with E-state index in [1.807, 2.05) is 0 Å². The van der Waals surface area contributed by atoms with Gasteiger partial charge in [0.2, 0.25) is 0 Å². The molecule has 3 N–H and O–H groups in total. The second-order valence-electron chi connectivity index (χ2n) is 5.94. The molecule has 2 aliphatic rings. The van der Waals surface area contributed by atoms with Crippen molar-refractivity contribution in [2.75, 3.05) is 13.1 Å². The van der Waals surface area contributed by atoms with Crippen molar-refractivity contribution in [3.05, 3.63) is 34.9 Å². The Balaban J connectivity index is 1.84. The van der Waals surface area contributed by atoms with Gasteiger partial charge in [0.1, 0.15) is 5.54 Å². The zero-order valence-electron chi connectivity index (χ0n) is 11.2. The van der Waals surface area contributed by atoms with Gasteiger partial charge in [0, 0.05) is 19.1 Å².